The SMILES string of the molecule is CCCCN1CCC[C@@H]1c1ccc(N2CCCC2)nc1. The van der Waals surface area contributed by atoms with Crippen molar-refractivity contribution in [3.8, 4) is 0 Å². The number of nitrogens with zero attached hydrogens (tertiary/aromatic N) is 3. The molecule has 3 rings (SSSR count). The molecular weight excluding hydrogens is 246 g/mol. The highest BCUT2D eigenvalue weighted by Gasteiger charge is 2.25. The van der Waals surface area contributed by atoms with E-state index >= 15 is 0 Å². The fraction of sp³-hybridized carbons (Fsp3) is 0.706. The number of hydrogen-bond donors (Lipinski definition) is 0. The van der Waals surface area contributed by atoms with Gasteiger partial charge >= 0.3 is 0 Å². The van der Waals surface area contributed by atoms with E-state index in [0.29, 0.717) is 6.04 Å². The van der Waals surface area contributed by atoms with Gasteiger partial charge in [0.15, 0.2) is 0 Å². The van der Waals surface area contributed by atoms with Crippen molar-refractivity contribution in [1.29, 1.82) is 0 Å². The zero-order chi connectivity index (χ0) is 13.8. The number of likely N-dealkylation sites (tertiary alicyclic amines) is 1. The van der Waals surface area contributed by atoms with E-state index in [1.807, 2.05) is 0 Å². The summed E-state index contributed by atoms with van der Waals surface area (Å²) in [5.74, 6) is 1.17. The van der Waals surface area contributed by atoms with E-state index in [-0.39, 0.29) is 0 Å². The van der Waals surface area contributed by atoms with E-state index in [2.05, 4.69) is 35.1 Å². The first-order valence-electron chi connectivity index (χ1n) is 8.33. The molecule has 0 amide bonds. The van der Waals surface area contributed by atoms with Crippen LogP contribution in [0.15, 0.2) is 18.3 Å². The van der Waals surface area contributed by atoms with Gasteiger partial charge in [0.2, 0.25) is 0 Å². The normalized spacial score (nSPS) is 23.6. The van der Waals surface area contributed by atoms with Crippen molar-refractivity contribution in [1.82, 2.24) is 9.88 Å². The highest BCUT2D eigenvalue weighted by atomic mass is 15.2. The van der Waals surface area contributed by atoms with Gasteiger partial charge in [-0.15, -0.1) is 0 Å². The third-order valence-corrected chi connectivity index (χ3v) is 4.75. The first kappa shape index (κ1) is 13.9. The van der Waals surface area contributed by atoms with Gasteiger partial charge in [0.25, 0.3) is 0 Å². The van der Waals surface area contributed by atoms with E-state index in [1.54, 1.807) is 0 Å². The number of rotatable bonds is 5. The minimum absolute atomic E-state index is 0.613. The molecule has 0 spiro atoms. The van der Waals surface area contributed by atoms with Crippen LogP contribution in [0.1, 0.15) is 57.1 Å². The van der Waals surface area contributed by atoms with E-state index in [9.17, 15) is 0 Å². The Morgan fingerprint density at radius 2 is 2.00 bits per heavy atom. The van der Waals surface area contributed by atoms with Gasteiger partial charge in [-0.25, -0.2) is 4.98 Å². The summed E-state index contributed by atoms with van der Waals surface area (Å²) in [6, 6.07) is 5.16. The van der Waals surface area contributed by atoms with Crippen LogP contribution in [0.4, 0.5) is 5.82 Å². The van der Waals surface area contributed by atoms with Gasteiger partial charge in [-0.1, -0.05) is 19.4 Å². The second-order valence-electron chi connectivity index (χ2n) is 6.19. The molecule has 1 aromatic heterocycles. The molecule has 0 bridgehead atoms. The fourth-order valence-electron chi connectivity index (χ4n) is 3.56. The molecule has 2 saturated heterocycles. The molecule has 0 aliphatic carbocycles. The van der Waals surface area contributed by atoms with Gasteiger partial charge in [-0.05, 0) is 56.8 Å². The molecule has 2 fully saturated rings. The summed E-state index contributed by atoms with van der Waals surface area (Å²) in [7, 11) is 0. The van der Waals surface area contributed by atoms with Crippen LogP contribution in [0.25, 0.3) is 0 Å². The molecule has 2 aliphatic heterocycles. The smallest absolute Gasteiger partial charge is 0.128 e. The maximum Gasteiger partial charge on any atom is 0.128 e. The maximum absolute atomic E-state index is 4.72. The third-order valence-electron chi connectivity index (χ3n) is 4.75. The zero-order valence-electron chi connectivity index (χ0n) is 12.7. The molecule has 0 saturated carbocycles. The second kappa shape index (κ2) is 6.57. The second-order valence-corrected chi connectivity index (χ2v) is 6.19. The Labute approximate surface area is 123 Å². The van der Waals surface area contributed by atoms with Crippen LogP contribution in [0, 0.1) is 0 Å². The molecule has 0 N–H and O–H groups in total. The van der Waals surface area contributed by atoms with Crippen molar-refractivity contribution in [3.05, 3.63) is 23.9 Å². The predicted molar refractivity (Wildman–Crippen MR) is 84.1 cm³/mol. The highest BCUT2D eigenvalue weighted by Crippen LogP contribution is 2.32. The quantitative estimate of drug-likeness (QED) is 0.817. The molecule has 1 aromatic rings. The molecule has 3 nitrogen and oxygen atoms in total. The molecule has 3 heteroatoms. The number of pyridine rings is 1. The van der Waals surface area contributed by atoms with Crippen molar-refractivity contribution < 1.29 is 0 Å². The molecule has 3 heterocycles. The van der Waals surface area contributed by atoms with Gasteiger partial charge in [0, 0.05) is 25.3 Å². The molecular formula is C17H27N3. The molecule has 1 atom stereocenters. The molecule has 0 radical (unpaired) electrons. The summed E-state index contributed by atoms with van der Waals surface area (Å²) < 4.78 is 0. The summed E-state index contributed by atoms with van der Waals surface area (Å²) >= 11 is 0. The zero-order valence-corrected chi connectivity index (χ0v) is 12.7. The monoisotopic (exact) mass is 273 g/mol. The van der Waals surface area contributed by atoms with Crippen LogP contribution in [-0.2, 0) is 0 Å². The first-order chi connectivity index (χ1) is 9.88. The van der Waals surface area contributed by atoms with Crippen molar-refractivity contribution in [2.24, 2.45) is 0 Å². The van der Waals surface area contributed by atoms with Crippen LogP contribution in [0.3, 0.4) is 0 Å². The standard InChI is InChI=1S/C17H27N3/c1-2-3-10-19-13-6-7-16(19)15-8-9-17(18-14-15)20-11-4-5-12-20/h8-9,14,16H,2-7,10-13H2,1H3/t16-/m1/s1. The predicted octanol–water partition coefficient (Wildman–Crippen LogP) is 3.62. The summed E-state index contributed by atoms with van der Waals surface area (Å²) in [5, 5.41) is 0. The van der Waals surface area contributed by atoms with E-state index in [0.717, 1.165) is 0 Å². The molecule has 0 aromatic carbocycles. The first-order valence-corrected chi connectivity index (χ1v) is 8.33. The van der Waals surface area contributed by atoms with Crippen molar-refractivity contribution >= 4 is 5.82 Å². The summed E-state index contributed by atoms with van der Waals surface area (Å²) in [6.07, 6.45) is 10.00. The van der Waals surface area contributed by atoms with Crippen molar-refractivity contribution in [3.63, 3.8) is 0 Å². The lowest BCUT2D eigenvalue weighted by Crippen LogP contribution is -2.24. The van der Waals surface area contributed by atoms with Gasteiger partial charge < -0.3 is 4.90 Å². The molecule has 20 heavy (non-hydrogen) atoms. The Morgan fingerprint density at radius 1 is 1.15 bits per heavy atom. The Hall–Kier alpha value is -1.09. The lowest BCUT2D eigenvalue weighted by Gasteiger charge is -2.25. The fourth-order valence-corrected chi connectivity index (χ4v) is 3.56. The van der Waals surface area contributed by atoms with Crippen molar-refractivity contribution in [2.45, 2.75) is 51.5 Å². The number of unbranched alkanes of at least 4 members (excludes halogenated alkanes) is 1. The summed E-state index contributed by atoms with van der Waals surface area (Å²) in [6.45, 7) is 7.14. The largest absolute Gasteiger partial charge is 0.357 e. The van der Waals surface area contributed by atoms with E-state index < -0.39 is 0 Å². The number of hydrogen-bond acceptors (Lipinski definition) is 3. The maximum atomic E-state index is 4.72. The molecule has 2 aliphatic rings. The van der Waals surface area contributed by atoms with Crippen LogP contribution in [0.2, 0.25) is 0 Å². The van der Waals surface area contributed by atoms with Gasteiger partial charge in [0.1, 0.15) is 5.82 Å². The lowest BCUT2D eigenvalue weighted by atomic mass is 10.1. The average Bonchev–Trinajstić information content (AvgIpc) is 3.16. The van der Waals surface area contributed by atoms with Gasteiger partial charge in [-0.2, -0.15) is 0 Å². The number of aromatic nitrogens is 1. The molecule has 110 valence electrons. The lowest BCUT2D eigenvalue weighted by molar-refractivity contribution is 0.253. The van der Waals surface area contributed by atoms with E-state index in [4.69, 9.17) is 4.98 Å². The Kier molecular flexibility index (Phi) is 4.56. The molecule has 0 unspecified atom stereocenters. The van der Waals surface area contributed by atoms with Crippen LogP contribution in [-0.4, -0.2) is 36.1 Å². The Bertz CT molecular complexity index is 409. The van der Waals surface area contributed by atoms with Crippen molar-refractivity contribution in [2.75, 3.05) is 31.1 Å². The minimum atomic E-state index is 0.613. The third kappa shape index (κ3) is 2.98. The summed E-state index contributed by atoms with van der Waals surface area (Å²) in [4.78, 5) is 9.78. The average molecular weight is 273 g/mol. The topological polar surface area (TPSA) is 19.4 Å². The van der Waals surface area contributed by atoms with Crippen LogP contribution >= 0.6 is 0 Å². The van der Waals surface area contributed by atoms with E-state index in [1.165, 1.54) is 76.1 Å². The highest BCUT2D eigenvalue weighted by molar-refractivity contribution is 5.40. The van der Waals surface area contributed by atoms with Gasteiger partial charge in [0.05, 0.1) is 0 Å². The van der Waals surface area contributed by atoms with Gasteiger partial charge in [-0.3, -0.25) is 4.90 Å². The Morgan fingerprint density at radius 3 is 2.70 bits per heavy atom. The number of anilines is 1. The Balaban J connectivity index is 1.66. The summed E-state index contributed by atoms with van der Waals surface area (Å²) in [5.41, 5.74) is 1.42. The van der Waals surface area contributed by atoms with Crippen LogP contribution < -0.4 is 4.90 Å². The van der Waals surface area contributed by atoms with Crippen LogP contribution in [0.5, 0.6) is 0 Å². The minimum Gasteiger partial charge on any atom is -0.357 e.